The quantitative estimate of drug-likeness (QED) is 0.716. The second kappa shape index (κ2) is 9.98. The van der Waals surface area contributed by atoms with Gasteiger partial charge < -0.3 is 14.8 Å². The molecular formula is C25H30ClN5O2. The predicted octanol–water partition coefficient (Wildman–Crippen LogP) is 4.14. The van der Waals surface area contributed by atoms with E-state index in [1.54, 1.807) is 29.2 Å². The number of halogens is 1. The summed E-state index contributed by atoms with van der Waals surface area (Å²) >= 11 is 6.17. The predicted molar refractivity (Wildman–Crippen MR) is 129 cm³/mol. The van der Waals surface area contributed by atoms with Gasteiger partial charge in [0.25, 0.3) is 5.91 Å². The van der Waals surface area contributed by atoms with Gasteiger partial charge in [-0.3, -0.25) is 14.5 Å². The Kier molecular flexibility index (Phi) is 7.06. The van der Waals surface area contributed by atoms with E-state index >= 15 is 0 Å². The van der Waals surface area contributed by atoms with Gasteiger partial charge in [-0.25, -0.2) is 0 Å². The molecule has 0 spiro atoms. The van der Waals surface area contributed by atoms with Gasteiger partial charge in [-0.05, 0) is 44.4 Å². The van der Waals surface area contributed by atoms with E-state index < -0.39 is 0 Å². The van der Waals surface area contributed by atoms with Crippen molar-refractivity contribution in [2.45, 2.75) is 45.6 Å². The van der Waals surface area contributed by atoms with Gasteiger partial charge in [0, 0.05) is 37.9 Å². The molecule has 0 bridgehead atoms. The zero-order valence-electron chi connectivity index (χ0n) is 19.2. The highest BCUT2D eigenvalue weighted by molar-refractivity contribution is 6.33. The van der Waals surface area contributed by atoms with Crippen LogP contribution >= 0.6 is 11.6 Å². The van der Waals surface area contributed by atoms with E-state index in [9.17, 15) is 14.9 Å². The molecule has 1 saturated carbocycles. The average Bonchev–Trinajstić information content (AvgIpc) is 3.41. The van der Waals surface area contributed by atoms with Gasteiger partial charge in [-0.15, -0.1) is 0 Å². The van der Waals surface area contributed by atoms with Crippen LogP contribution in [0.1, 0.15) is 58.9 Å². The fraction of sp³-hybridized carbons (Fsp3) is 0.480. The second-order valence-corrected chi connectivity index (χ2v) is 9.36. The van der Waals surface area contributed by atoms with E-state index in [0.717, 1.165) is 24.1 Å². The maximum atomic E-state index is 12.9. The molecule has 1 aliphatic heterocycles. The summed E-state index contributed by atoms with van der Waals surface area (Å²) < 4.78 is 2.17. The largest absolute Gasteiger partial charge is 0.336 e. The number of hydrogen-bond donors (Lipinski definition) is 1. The summed E-state index contributed by atoms with van der Waals surface area (Å²) in [7, 11) is 0. The van der Waals surface area contributed by atoms with Crippen LogP contribution in [0.2, 0.25) is 5.02 Å². The van der Waals surface area contributed by atoms with Crippen molar-refractivity contribution < 1.29 is 9.59 Å². The Balaban J connectivity index is 1.39. The summed E-state index contributed by atoms with van der Waals surface area (Å²) in [5.41, 5.74) is 3.06. The lowest BCUT2D eigenvalue weighted by Gasteiger charge is -2.34. The molecule has 2 aromatic rings. The first-order valence-electron chi connectivity index (χ1n) is 11.6. The zero-order valence-corrected chi connectivity index (χ0v) is 20.0. The lowest BCUT2D eigenvalue weighted by molar-refractivity contribution is -0.117. The fourth-order valence-electron chi connectivity index (χ4n) is 4.99. The number of piperazine rings is 1. The molecule has 8 heteroatoms. The van der Waals surface area contributed by atoms with Crippen LogP contribution in [0.5, 0.6) is 0 Å². The van der Waals surface area contributed by atoms with Crippen molar-refractivity contribution in [3.05, 3.63) is 51.7 Å². The standard InChI is InChI=1S/C25H30ClN5O2/c1-17-18(2)31(19-7-3-4-8-19)24(21(17)15-27)28-23(32)16-29-11-13-30(14-12-29)25(33)20-9-5-6-10-22(20)26/h5-6,9-10,19H,3-4,7-8,11-14,16H2,1-2H3,(H,28,32). The molecule has 2 aliphatic rings. The average molecular weight is 468 g/mol. The molecule has 174 valence electrons. The second-order valence-electron chi connectivity index (χ2n) is 8.95. The first-order valence-corrected chi connectivity index (χ1v) is 12.0. The zero-order chi connectivity index (χ0) is 23.5. The minimum atomic E-state index is -0.130. The molecule has 1 aromatic carbocycles. The smallest absolute Gasteiger partial charge is 0.255 e. The highest BCUT2D eigenvalue weighted by atomic mass is 35.5. The van der Waals surface area contributed by atoms with Crippen molar-refractivity contribution in [3.8, 4) is 6.07 Å². The number of rotatable bonds is 5. The summed E-state index contributed by atoms with van der Waals surface area (Å²) in [6, 6.07) is 9.69. The number of nitriles is 1. The van der Waals surface area contributed by atoms with Crippen molar-refractivity contribution >= 4 is 29.2 Å². The summed E-state index contributed by atoms with van der Waals surface area (Å²) in [6.45, 7) is 6.50. The van der Waals surface area contributed by atoms with Crippen LogP contribution in [0, 0.1) is 25.2 Å². The number of benzene rings is 1. The molecule has 0 radical (unpaired) electrons. The Bertz CT molecular complexity index is 1090. The minimum Gasteiger partial charge on any atom is -0.336 e. The maximum Gasteiger partial charge on any atom is 0.255 e. The number of aromatic nitrogens is 1. The number of hydrogen-bond acceptors (Lipinski definition) is 4. The van der Waals surface area contributed by atoms with Crippen LogP contribution in [-0.2, 0) is 4.79 Å². The third kappa shape index (κ3) is 4.78. The van der Waals surface area contributed by atoms with E-state index in [-0.39, 0.29) is 18.4 Å². The van der Waals surface area contributed by atoms with Crippen LogP contribution in [0.15, 0.2) is 24.3 Å². The summed E-state index contributed by atoms with van der Waals surface area (Å²) in [5.74, 6) is 0.426. The van der Waals surface area contributed by atoms with Crippen molar-refractivity contribution in [3.63, 3.8) is 0 Å². The van der Waals surface area contributed by atoms with Gasteiger partial charge in [0.15, 0.2) is 0 Å². The van der Waals surface area contributed by atoms with E-state index in [0.29, 0.717) is 54.2 Å². The summed E-state index contributed by atoms with van der Waals surface area (Å²) in [5, 5.41) is 13.2. The van der Waals surface area contributed by atoms with Gasteiger partial charge in [-0.1, -0.05) is 36.6 Å². The van der Waals surface area contributed by atoms with Gasteiger partial charge in [0.05, 0.1) is 22.7 Å². The summed E-state index contributed by atoms with van der Waals surface area (Å²) in [6.07, 6.45) is 4.50. The van der Waals surface area contributed by atoms with Crippen LogP contribution in [0.4, 0.5) is 5.82 Å². The Morgan fingerprint density at radius 2 is 1.79 bits per heavy atom. The number of nitrogens with zero attached hydrogens (tertiary/aromatic N) is 4. The van der Waals surface area contributed by atoms with Crippen molar-refractivity contribution in [2.75, 3.05) is 38.0 Å². The van der Waals surface area contributed by atoms with Crippen LogP contribution < -0.4 is 5.32 Å². The molecule has 0 atom stereocenters. The highest BCUT2D eigenvalue weighted by Gasteiger charge is 2.28. The maximum absolute atomic E-state index is 12.9. The Hall–Kier alpha value is -2.82. The van der Waals surface area contributed by atoms with Crippen molar-refractivity contribution in [1.82, 2.24) is 14.4 Å². The minimum absolute atomic E-state index is 0.0799. The van der Waals surface area contributed by atoms with Gasteiger partial charge in [-0.2, -0.15) is 5.26 Å². The molecule has 7 nitrogen and oxygen atoms in total. The van der Waals surface area contributed by atoms with Crippen molar-refractivity contribution in [1.29, 1.82) is 5.26 Å². The molecule has 2 fully saturated rings. The lowest BCUT2D eigenvalue weighted by atomic mass is 10.2. The van der Waals surface area contributed by atoms with Gasteiger partial charge in [0.1, 0.15) is 11.9 Å². The first-order chi connectivity index (χ1) is 15.9. The van der Waals surface area contributed by atoms with Crippen molar-refractivity contribution in [2.24, 2.45) is 0 Å². The van der Waals surface area contributed by atoms with Crippen LogP contribution in [0.3, 0.4) is 0 Å². The molecule has 1 saturated heterocycles. The highest BCUT2D eigenvalue weighted by Crippen LogP contribution is 2.37. The number of nitrogens with one attached hydrogen (secondary N) is 1. The van der Waals surface area contributed by atoms with E-state index in [1.165, 1.54) is 12.8 Å². The Labute approximate surface area is 199 Å². The number of carbonyl (C=O) groups is 2. The van der Waals surface area contributed by atoms with Crippen LogP contribution in [-0.4, -0.2) is 58.9 Å². The lowest BCUT2D eigenvalue weighted by Crippen LogP contribution is -2.50. The molecule has 0 unspecified atom stereocenters. The van der Waals surface area contributed by atoms with Gasteiger partial charge in [0.2, 0.25) is 5.91 Å². The van der Waals surface area contributed by atoms with E-state index in [4.69, 9.17) is 11.6 Å². The normalized spacial score (nSPS) is 17.2. The monoisotopic (exact) mass is 467 g/mol. The first kappa shape index (κ1) is 23.3. The molecule has 2 heterocycles. The molecular weight excluding hydrogens is 438 g/mol. The van der Waals surface area contributed by atoms with Crippen LogP contribution in [0.25, 0.3) is 0 Å². The van der Waals surface area contributed by atoms with E-state index in [1.807, 2.05) is 18.7 Å². The number of amides is 2. The molecule has 1 aliphatic carbocycles. The molecule has 4 rings (SSSR count). The topological polar surface area (TPSA) is 81.4 Å². The molecule has 1 aromatic heterocycles. The third-order valence-corrected chi connectivity index (χ3v) is 7.28. The SMILES string of the molecule is Cc1c(C#N)c(NC(=O)CN2CCN(C(=O)c3ccccc3Cl)CC2)n(C2CCCC2)c1C. The number of anilines is 1. The van der Waals surface area contributed by atoms with E-state index in [2.05, 4.69) is 16.0 Å². The molecule has 33 heavy (non-hydrogen) atoms. The Morgan fingerprint density at radius 1 is 1.12 bits per heavy atom. The summed E-state index contributed by atoms with van der Waals surface area (Å²) in [4.78, 5) is 29.5. The fourth-order valence-corrected chi connectivity index (χ4v) is 5.21. The third-order valence-electron chi connectivity index (χ3n) is 6.95. The van der Waals surface area contributed by atoms with Gasteiger partial charge >= 0.3 is 0 Å². The molecule has 2 amide bonds. The Morgan fingerprint density at radius 3 is 2.42 bits per heavy atom. The molecule has 1 N–H and O–H groups in total. The number of carbonyl (C=O) groups excluding carboxylic acids is 2.